The molecule has 0 radical (unpaired) electrons. The second-order valence-electron chi connectivity index (χ2n) is 7.40. The van der Waals surface area contributed by atoms with E-state index in [1.54, 1.807) is 14.2 Å². The van der Waals surface area contributed by atoms with Crippen LogP contribution in [-0.4, -0.2) is 57.7 Å². The lowest BCUT2D eigenvalue weighted by molar-refractivity contribution is -0.125. The Morgan fingerprint density at radius 2 is 1.93 bits per heavy atom. The van der Waals surface area contributed by atoms with Crippen LogP contribution in [0.4, 0.5) is 0 Å². The summed E-state index contributed by atoms with van der Waals surface area (Å²) >= 11 is 0. The number of guanidine groups is 1. The van der Waals surface area contributed by atoms with Crippen LogP contribution in [0.3, 0.4) is 0 Å². The van der Waals surface area contributed by atoms with Gasteiger partial charge in [-0.2, -0.15) is 0 Å². The lowest BCUT2D eigenvalue weighted by atomic mass is 9.89. The van der Waals surface area contributed by atoms with Gasteiger partial charge in [-0.15, -0.1) is 0 Å². The molecule has 1 fully saturated rings. The minimum Gasteiger partial charge on any atom is -0.497 e. The van der Waals surface area contributed by atoms with Crippen molar-refractivity contribution in [2.24, 2.45) is 10.9 Å². The Morgan fingerprint density at radius 3 is 2.59 bits per heavy atom. The van der Waals surface area contributed by atoms with Crippen LogP contribution in [-0.2, 0) is 11.3 Å². The van der Waals surface area contributed by atoms with Gasteiger partial charge in [0.25, 0.3) is 0 Å². The van der Waals surface area contributed by atoms with E-state index in [4.69, 9.17) is 9.47 Å². The molecule has 0 aliphatic heterocycles. The summed E-state index contributed by atoms with van der Waals surface area (Å²) in [6, 6.07) is 5.81. The van der Waals surface area contributed by atoms with Crippen molar-refractivity contribution in [3.05, 3.63) is 23.8 Å². The zero-order chi connectivity index (χ0) is 21.1. The number of carbonyl (C=O) groups is 1. The Kier molecular flexibility index (Phi) is 9.60. The van der Waals surface area contributed by atoms with Gasteiger partial charge in [0.05, 0.1) is 20.8 Å². The van der Waals surface area contributed by atoms with Gasteiger partial charge < -0.3 is 25.0 Å². The standard InChI is InChI=1S/C22H36N4O3/c1-5-23-22(25-14-13-24-21(27)17-9-7-6-8-10-17)26(2)16-18-11-12-19(28-3)15-20(18)29-4/h11-12,15,17H,5-10,13-14,16H2,1-4H3,(H,23,25)(H,24,27). The predicted molar refractivity (Wildman–Crippen MR) is 117 cm³/mol. The van der Waals surface area contributed by atoms with Crippen LogP contribution < -0.4 is 20.1 Å². The number of nitrogens with one attached hydrogen (secondary N) is 2. The first-order chi connectivity index (χ1) is 14.1. The molecule has 162 valence electrons. The van der Waals surface area contributed by atoms with Crippen molar-refractivity contribution >= 4 is 11.9 Å². The molecule has 1 aromatic rings. The van der Waals surface area contributed by atoms with E-state index in [0.717, 1.165) is 42.4 Å². The molecule has 0 heterocycles. The Morgan fingerprint density at radius 1 is 1.17 bits per heavy atom. The maximum atomic E-state index is 12.3. The molecule has 0 bridgehead atoms. The molecule has 0 saturated heterocycles. The molecule has 7 heteroatoms. The zero-order valence-corrected chi connectivity index (χ0v) is 18.3. The van der Waals surface area contributed by atoms with E-state index in [-0.39, 0.29) is 11.8 Å². The van der Waals surface area contributed by atoms with Gasteiger partial charge in [-0.3, -0.25) is 9.79 Å². The van der Waals surface area contributed by atoms with Crippen molar-refractivity contribution in [2.75, 3.05) is 40.9 Å². The van der Waals surface area contributed by atoms with Crippen LogP contribution in [0, 0.1) is 5.92 Å². The smallest absolute Gasteiger partial charge is 0.223 e. The highest BCUT2D eigenvalue weighted by Gasteiger charge is 2.20. The fourth-order valence-corrected chi connectivity index (χ4v) is 3.63. The summed E-state index contributed by atoms with van der Waals surface area (Å²) in [4.78, 5) is 19.0. The summed E-state index contributed by atoms with van der Waals surface area (Å²) in [5.41, 5.74) is 1.05. The van der Waals surface area contributed by atoms with E-state index < -0.39 is 0 Å². The predicted octanol–water partition coefficient (Wildman–Crippen LogP) is 2.80. The molecule has 29 heavy (non-hydrogen) atoms. The Hall–Kier alpha value is -2.44. The number of hydrogen-bond donors (Lipinski definition) is 2. The minimum atomic E-state index is 0.182. The molecule has 1 amide bonds. The van der Waals surface area contributed by atoms with E-state index in [0.29, 0.717) is 19.6 Å². The molecule has 0 unspecified atom stereocenters. The number of methoxy groups -OCH3 is 2. The summed E-state index contributed by atoms with van der Waals surface area (Å²) in [6.07, 6.45) is 5.63. The quantitative estimate of drug-likeness (QED) is 0.376. The van der Waals surface area contributed by atoms with E-state index in [2.05, 4.69) is 20.5 Å². The molecule has 1 aliphatic carbocycles. The molecule has 2 N–H and O–H groups in total. The topological polar surface area (TPSA) is 75.2 Å². The third-order valence-corrected chi connectivity index (χ3v) is 5.25. The first kappa shape index (κ1) is 22.8. The van der Waals surface area contributed by atoms with Gasteiger partial charge in [-0.05, 0) is 31.9 Å². The summed E-state index contributed by atoms with van der Waals surface area (Å²) in [6.45, 7) is 4.57. The van der Waals surface area contributed by atoms with E-state index in [9.17, 15) is 4.79 Å². The normalized spacial score (nSPS) is 15.0. The van der Waals surface area contributed by atoms with Gasteiger partial charge in [-0.25, -0.2) is 0 Å². The molecule has 1 saturated carbocycles. The number of ether oxygens (including phenoxy) is 2. The van der Waals surface area contributed by atoms with Crippen molar-refractivity contribution in [3.8, 4) is 11.5 Å². The van der Waals surface area contributed by atoms with Crippen LogP contribution in [0.5, 0.6) is 11.5 Å². The van der Waals surface area contributed by atoms with Gasteiger partial charge in [0, 0.05) is 44.2 Å². The van der Waals surface area contributed by atoms with Crippen molar-refractivity contribution in [1.82, 2.24) is 15.5 Å². The fraction of sp³-hybridized carbons (Fsp3) is 0.636. The summed E-state index contributed by atoms with van der Waals surface area (Å²) < 4.78 is 10.8. The first-order valence-corrected chi connectivity index (χ1v) is 10.6. The molecular weight excluding hydrogens is 368 g/mol. The van der Waals surface area contributed by atoms with Crippen LogP contribution in [0.25, 0.3) is 0 Å². The Labute approximate surface area is 174 Å². The highest BCUT2D eigenvalue weighted by atomic mass is 16.5. The van der Waals surface area contributed by atoms with Gasteiger partial charge in [0.15, 0.2) is 5.96 Å². The van der Waals surface area contributed by atoms with Crippen molar-refractivity contribution in [1.29, 1.82) is 0 Å². The molecule has 1 aromatic carbocycles. The Bertz CT molecular complexity index is 672. The Balaban J connectivity index is 1.90. The highest BCUT2D eigenvalue weighted by molar-refractivity contribution is 5.80. The van der Waals surface area contributed by atoms with Crippen LogP contribution in [0.15, 0.2) is 23.2 Å². The number of rotatable bonds is 9. The minimum absolute atomic E-state index is 0.182. The maximum Gasteiger partial charge on any atom is 0.223 e. The number of amides is 1. The zero-order valence-electron chi connectivity index (χ0n) is 18.3. The van der Waals surface area contributed by atoms with Crippen LogP contribution >= 0.6 is 0 Å². The van der Waals surface area contributed by atoms with Gasteiger partial charge in [0.1, 0.15) is 11.5 Å². The van der Waals surface area contributed by atoms with E-state index in [1.807, 2.05) is 32.2 Å². The second-order valence-corrected chi connectivity index (χ2v) is 7.40. The molecule has 0 atom stereocenters. The molecular formula is C22H36N4O3. The highest BCUT2D eigenvalue weighted by Crippen LogP contribution is 2.25. The summed E-state index contributed by atoms with van der Waals surface area (Å²) in [5.74, 6) is 2.72. The molecule has 1 aliphatic rings. The number of hydrogen-bond acceptors (Lipinski definition) is 4. The first-order valence-electron chi connectivity index (χ1n) is 10.6. The number of carbonyl (C=O) groups excluding carboxylic acids is 1. The summed E-state index contributed by atoms with van der Waals surface area (Å²) in [7, 11) is 5.29. The lowest BCUT2D eigenvalue weighted by Crippen LogP contribution is -2.39. The van der Waals surface area contributed by atoms with Gasteiger partial charge in [0.2, 0.25) is 5.91 Å². The maximum absolute atomic E-state index is 12.3. The lowest BCUT2D eigenvalue weighted by Gasteiger charge is -2.23. The van der Waals surface area contributed by atoms with Gasteiger partial charge in [-0.1, -0.05) is 19.3 Å². The van der Waals surface area contributed by atoms with Crippen LogP contribution in [0.1, 0.15) is 44.6 Å². The molecule has 7 nitrogen and oxygen atoms in total. The van der Waals surface area contributed by atoms with Crippen LogP contribution in [0.2, 0.25) is 0 Å². The number of benzene rings is 1. The second kappa shape index (κ2) is 12.2. The summed E-state index contributed by atoms with van der Waals surface area (Å²) in [5, 5.41) is 6.36. The van der Waals surface area contributed by atoms with Crippen molar-refractivity contribution < 1.29 is 14.3 Å². The molecule has 2 rings (SSSR count). The number of aliphatic imine (C=N–C) groups is 1. The average molecular weight is 405 g/mol. The monoisotopic (exact) mass is 404 g/mol. The van der Waals surface area contributed by atoms with Crippen molar-refractivity contribution in [3.63, 3.8) is 0 Å². The SMILES string of the molecule is CCNC(=NCCNC(=O)C1CCCCC1)N(C)Cc1ccc(OC)cc1OC. The number of nitrogens with zero attached hydrogens (tertiary/aromatic N) is 2. The van der Waals surface area contributed by atoms with Crippen molar-refractivity contribution in [2.45, 2.75) is 45.6 Å². The average Bonchev–Trinajstić information content (AvgIpc) is 2.76. The third kappa shape index (κ3) is 7.15. The third-order valence-electron chi connectivity index (χ3n) is 5.25. The fourth-order valence-electron chi connectivity index (χ4n) is 3.63. The largest absolute Gasteiger partial charge is 0.497 e. The molecule has 0 spiro atoms. The van der Waals surface area contributed by atoms with Gasteiger partial charge >= 0.3 is 0 Å². The van der Waals surface area contributed by atoms with E-state index in [1.165, 1.54) is 19.3 Å². The molecule has 0 aromatic heterocycles. The van der Waals surface area contributed by atoms with E-state index >= 15 is 0 Å².